The Kier molecular flexibility index (Phi) is 6.95. The minimum atomic E-state index is -4.20. The molecule has 0 fully saturated rings. The van der Waals surface area contributed by atoms with Gasteiger partial charge in [-0.25, -0.2) is 13.2 Å². The van der Waals surface area contributed by atoms with Crippen LogP contribution in [0.15, 0.2) is 77.7 Å². The summed E-state index contributed by atoms with van der Waals surface area (Å²) >= 11 is 6.28. The summed E-state index contributed by atoms with van der Waals surface area (Å²) < 4.78 is 33.6. The Labute approximate surface area is 209 Å². The van der Waals surface area contributed by atoms with Crippen LogP contribution < -0.4 is 9.62 Å². The molecule has 4 rings (SSSR count). The molecule has 1 amide bonds. The highest BCUT2D eigenvalue weighted by molar-refractivity contribution is 7.97. The van der Waals surface area contributed by atoms with E-state index >= 15 is 0 Å². The van der Waals surface area contributed by atoms with Gasteiger partial charge < -0.3 is 10.1 Å². The number of amides is 1. The van der Waals surface area contributed by atoms with E-state index in [1.807, 2.05) is 6.07 Å². The Bertz CT molecular complexity index is 1420. The van der Waals surface area contributed by atoms with E-state index < -0.39 is 21.9 Å². The number of hydrogen-bond acceptors (Lipinski definition) is 5. The summed E-state index contributed by atoms with van der Waals surface area (Å²) in [5, 5.41) is 3.09. The van der Waals surface area contributed by atoms with Crippen molar-refractivity contribution in [3.05, 3.63) is 99.4 Å². The molecule has 0 aromatic heterocycles. The molecule has 35 heavy (non-hydrogen) atoms. The highest BCUT2D eigenvalue weighted by atomic mass is 35.5. The number of halogens is 1. The molecule has 9 heteroatoms. The summed E-state index contributed by atoms with van der Waals surface area (Å²) in [6.45, 7) is 3.78. The summed E-state index contributed by atoms with van der Waals surface area (Å²) in [4.78, 5) is 25.1. The number of anilines is 2. The van der Waals surface area contributed by atoms with Gasteiger partial charge in [0.05, 0.1) is 17.9 Å². The number of nitrogens with zero attached hydrogens (tertiary/aromatic N) is 1. The molecule has 3 aromatic carbocycles. The lowest BCUT2D eigenvalue weighted by Gasteiger charge is -2.33. The largest absolute Gasteiger partial charge is 0.462 e. The van der Waals surface area contributed by atoms with Crippen molar-refractivity contribution in [2.75, 3.05) is 22.8 Å². The Balaban J connectivity index is 1.86. The maximum Gasteiger partial charge on any atom is 0.338 e. The number of carbonyl (C=O) groups excluding carboxylic acids is 2. The molecule has 0 atom stereocenters. The average Bonchev–Trinajstić information content (AvgIpc) is 2.84. The SMILES string of the molecule is CCOC(=O)c1ccc(NC(=O)C2=C(c3ccccc3)c3cc(Cl)ccc3N(CC)S2(=O)=O)cc1. The fraction of sp³-hybridized carbons (Fsp3) is 0.154. The van der Waals surface area contributed by atoms with E-state index in [1.54, 1.807) is 56.3 Å². The van der Waals surface area contributed by atoms with Gasteiger partial charge in [0.2, 0.25) is 0 Å². The van der Waals surface area contributed by atoms with Crippen LogP contribution in [0.3, 0.4) is 0 Å². The Morgan fingerprint density at radius 3 is 2.29 bits per heavy atom. The molecule has 0 spiro atoms. The molecule has 7 nitrogen and oxygen atoms in total. The van der Waals surface area contributed by atoms with Crippen LogP contribution in [0.2, 0.25) is 5.02 Å². The number of esters is 1. The van der Waals surface area contributed by atoms with E-state index in [9.17, 15) is 18.0 Å². The van der Waals surface area contributed by atoms with Crippen LogP contribution in [0, 0.1) is 0 Å². The first kappa shape index (κ1) is 24.5. The maximum absolute atomic E-state index is 13.7. The van der Waals surface area contributed by atoms with E-state index in [-0.39, 0.29) is 23.6 Å². The number of benzene rings is 3. The van der Waals surface area contributed by atoms with Crippen LogP contribution in [0.5, 0.6) is 0 Å². The highest BCUT2D eigenvalue weighted by Gasteiger charge is 2.40. The van der Waals surface area contributed by atoms with E-state index in [2.05, 4.69) is 5.32 Å². The first-order valence-corrected chi connectivity index (χ1v) is 12.8. The van der Waals surface area contributed by atoms with E-state index in [4.69, 9.17) is 16.3 Å². The van der Waals surface area contributed by atoms with Crippen molar-refractivity contribution in [1.29, 1.82) is 0 Å². The van der Waals surface area contributed by atoms with E-state index in [0.717, 1.165) is 0 Å². The number of rotatable bonds is 6. The molecule has 0 saturated heterocycles. The van der Waals surface area contributed by atoms with Gasteiger partial charge in [0.1, 0.15) is 0 Å². The second kappa shape index (κ2) is 9.93. The van der Waals surface area contributed by atoms with Crippen molar-refractivity contribution in [2.24, 2.45) is 0 Å². The van der Waals surface area contributed by atoms with Gasteiger partial charge >= 0.3 is 5.97 Å². The lowest BCUT2D eigenvalue weighted by molar-refractivity contribution is -0.112. The third kappa shape index (κ3) is 4.67. The van der Waals surface area contributed by atoms with Gasteiger partial charge in [-0.15, -0.1) is 0 Å². The first-order chi connectivity index (χ1) is 16.8. The molecule has 1 heterocycles. The van der Waals surface area contributed by atoms with Crippen LogP contribution in [0.25, 0.3) is 5.57 Å². The van der Waals surface area contributed by atoms with Gasteiger partial charge in [-0.1, -0.05) is 41.9 Å². The van der Waals surface area contributed by atoms with Gasteiger partial charge in [0.25, 0.3) is 15.9 Å². The second-order valence-corrected chi connectivity index (χ2v) is 9.89. The summed E-state index contributed by atoms with van der Waals surface area (Å²) in [7, 11) is -4.20. The molecule has 0 bridgehead atoms. The van der Waals surface area contributed by atoms with E-state index in [1.165, 1.54) is 28.6 Å². The van der Waals surface area contributed by atoms with Gasteiger partial charge in [-0.2, -0.15) is 0 Å². The summed E-state index contributed by atoms with van der Waals surface area (Å²) in [5.41, 5.74) is 2.49. The van der Waals surface area contributed by atoms with Crippen LogP contribution in [-0.4, -0.2) is 33.4 Å². The van der Waals surface area contributed by atoms with Gasteiger partial charge in [-0.3, -0.25) is 9.10 Å². The minimum absolute atomic E-state index is 0.129. The molecule has 0 radical (unpaired) electrons. The fourth-order valence-corrected chi connectivity index (χ4v) is 5.89. The summed E-state index contributed by atoms with van der Waals surface area (Å²) in [6, 6.07) is 19.8. The van der Waals surface area contributed by atoms with Gasteiger partial charge in [-0.05, 0) is 61.9 Å². The molecular formula is C26H23ClN2O5S. The third-order valence-corrected chi connectivity index (χ3v) is 7.66. The molecule has 1 aliphatic rings. The van der Waals surface area contributed by atoms with Crippen LogP contribution in [0.1, 0.15) is 35.3 Å². The summed E-state index contributed by atoms with van der Waals surface area (Å²) in [5.74, 6) is -1.28. The van der Waals surface area contributed by atoms with Crippen molar-refractivity contribution in [2.45, 2.75) is 13.8 Å². The highest BCUT2D eigenvalue weighted by Crippen LogP contribution is 2.44. The Morgan fingerprint density at radius 1 is 0.971 bits per heavy atom. The maximum atomic E-state index is 13.7. The zero-order valence-corrected chi connectivity index (χ0v) is 20.7. The Morgan fingerprint density at radius 2 is 1.66 bits per heavy atom. The van der Waals surface area contributed by atoms with Crippen molar-refractivity contribution in [3.8, 4) is 0 Å². The summed E-state index contributed by atoms with van der Waals surface area (Å²) in [6.07, 6.45) is 0. The first-order valence-electron chi connectivity index (χ1n) is 11.0. The topological polar surface area (TPSA) is 92.8 Å². The predicted molar refractivity (Wildman–Crippen MR) is 137 cm³/mol. The molecule has 0 saturated carbocycles. The molecule has 3 aromatic rings. The fourth-order valence-electron chi connectivity index (χ4n) is 3.97. The van der Waals surface area contributed by atoms with Crippen LogP contribution in [0.4, 0.5) is 11.4 Å². The Hall–Kier alpha value is -3.62. The van der Waals surface area contributed by atoms with Gasteiger partial charge in [0.15, 0.2) is 4.91 Å². The minimum Gasteiger partial charge on any atom is -0.462 e. The van der Waals surface area contributed by atoms with Crippen molar-refractivity contribution in [1.82, 2.24) is 0 Å². The average molecular weight is 511 g/mol. The van der Waals surface area contributed by atoms with Crippen molar-refractivity contribution < 1.29 is 22.7 Å². The zero-order valence-electron chi connectivity index (χ0n) is 19.1. The number of nitrogens with one attached hydrogen (secondary N) is 1. The quantitative estimate of drug-likeness (QED) is 0.466. The number of sulfonamides is 1. The lowest BCUT2D eigenvalue weighted by atomic mass is 9.95. The number of fused-ring (bicyclic) bond motifs is 1. The molecule has 0 unspecified atom stereocenters. The normalized spacial score (nSPS) is 14.3. The van der Waals surface area contributed by atoms with Crippen LogP contribution >= 0.6 is 11.6 Å². The third-order valence-electron chi connectivity index (χ3n) is 5.48. The zero-order chi connectivity index (χ0) is 25.2. The van der Waals surface area contributed by atoms with Crippen molar-refractivity contribution >= 4 is 50.4 Å². The number of hydrogen-bond donors (Lipinski definition) is 1. The molecule has 1 N–H and O–H groups in total. The molecule has 0 aliphatic carbocycles. The molecular weight excluding hydrogens is 488 g/mol. The lowest BCUT2D eigenvalue weighted by Crippen LogP contribution is -2.39. The number of ether oxygens (including phenoxy) is 1. The second-order valence-electron chi connectivity index (χ2n) is 7.65. The standard InChI is InChI=1S/C26H23ClN2O5S/c1-3-29-22-15-12-19(27)16-21(22)23(17-8-6-5-7-9-17)24(35(29,32)33)25(30)28-20-13-10-18(11-14-20)26(31)34-4-2/h5-16H,3-4H2,1-2H3,(H,28,30). The number of carbonyl (C=O) groups is 2. The predicted octanol–water partition coefficient (Wildman–Crippen LogP) is 5.08. The van der Waals surface area contributed by atoms with Crippen LogP contribution in [-0.2, 0) is 19.6 Å². The monoisotopic (exact) mass is 510 g/mol. The van der Waals surface area contributed by atoms with Gasteiger partial charge in [0, 0.05) is 28.4 Å². The molecule has 1 aliphatic heterocycles. The molecule has 180 valence electrons. The van der Waals surface area contributed by atoms with E-state index in [0.29, 0.717) is 33.1 Å². The smallest absolute Gasteiger partial charge is 0.338 e. The van der Waals surface area contributed by atoms with Crippen molar-refractivity contribution in [3.63, 3.8) is 0 Å².